The van der Waals surface area contributed by atoms with E-state index in [0.717, 1.165) is 29.7 Å². The molecule has 3 rings (SSSR count). The second kappa shape index (κ2) is 6.24. The molecule has 4 heteroatoms. The minimum atomic E-state index is -0.128. The molecule has 1 aliphatic carbocycles. The van der Waals surface area contributed by atoms with E-state index in [-0.39, 0.29) is 17.7 Å². The standard InChI is InChI=1S/C19H20N2O2/c1-12-3-10-17(13(2)11-12)19(23)21-16-8-6-15(7-9-16)20-18(22)14-4-5-14/h3,6-11,14H,4-5H2,1-2H3,(H,20,22)(H,21,23). The van der Waals surface area contributed by atoms with Crippen LogP contribution >= 0.6 is 0 Å². The lowest BCUT2D eigenvalue weighted by atomic mass is 10.1. The van der Waals surface area contributed by atoms with Crippen LogP contribution in [0.1, 0.15) is 34.3 Å². The molecule has 4 nitrogen and oxygen atoms in total. The number of benzene rings is 2. The van der Waals surface area contributed by atoms with E-state index >= 15 is 0 Å². The predicted molar refractivity (Wildman–Crippen MR) is 91.7 cm³/mol. The van der Waals surface area contributed by atoms with Crippen molar-refractivity contribution in [3.05, 3.63) is 59.2 Å². The number of hydrogen-bond acceptors (Lipinski definition) is 2. The molecule has 1 fully saturated rings. The van der Waals surface area contributed by atoms with Gasteiger partial charge in [0, 0.05) is 22.9 Å². The molecule has 0 heterocycles. The molecule has 23 heavy (non-hydrogen) atoms. The zero-order chi connectivity index (χ0) is 16.4. The molecular formula is C19H20N2O2. The summed E-state index contributed by atoms with van der Waals surface area (Å²) in [5.74, 6) is 0.133. The molecule has 0 unspecified atom stereocenters. The summed E-state index contributed by atoms with van der Waals surface area (Å²) >= 11 is 0. The topological polar surface area (TPSA) is 58.2 Å². The molecule has 2 aromatic carbocycles. The summed E-state index contributed by atoms with van der Waals surface area (Å²) in [6.45, 7) is 3.93. The van der Waals surface area contributed by atoms with Crippen molar-refractivity contribution < 1.29 is 9.59 Å². The number of carbonyl (C=O) groups excluding carboxylic acids is 2. The van der Waals surface area contributed by atoms with Gasteiger partial charge in [0.05, 0.1) is 0 Å². The Balaban J connectivity index is 1.65. The first kappa shape index (κ1) is 15.3. The summed E-state index contributed by atoms with van der Waals surface area (Å²) in [6.07, 6.45) is 1.96. The third kappa shape index (κ3) is 3.77. The zero-order valence-corrected chi connectivity index (χ0v) is 13.3. The Morgan fingerprint density at radius 2 is 1.52 bits per heavy atom. The maximum Gasteiger partial charge on any atom is 0.255 e. The van der Waals surface area contributed by atoms with Gasteiger partial charge in [-0.2, -0.15) is 0 Å². The fourth-order valence-electron chi connectivity index (χ4n) is 2.49. The first-order valence-electron chi connectivity index (χ1n) is 7.82. The van der Waals surface area contributed by atoms with Crippen LogP contribution < -0.4 is 10.6 Å². The summed E-state index contributed by atoms with van der Waals surface area (Å²) in [5.41, 5.74) is 4.22. The molecule has 0 aromatic heterocycles. The highest BCUT2D eigenvalue weighted by molar-refractivity contribution is 6.05. The molecule has 0 bridgehead atoms. The van der Waals surface area contributed by atoms with Crippen molar-refractivity contribution in [2.45, 2.75) is 26.7 Å². The molecule has 0 aliphatic heterocycles. The van der Waals surface area contributed by atoms with E-state index in [9.17, 15) is 9.59 Å². The summed E-state index contributed by atoms with van der Waals surface area (Å²) < 4.78 is 0. The highest BCUT2D eigenvalue weighted by atomic mass is 16.2. The molecule has 0 atom stereocenters. The van der Waals surface area contributed by atoms with Crippen molar-refractivity contribution in [1.82, 2.24) is 0 Å². The molecule has 0 spiro atoms. The lowest BCUT2D eigenvalue weighted by Crippen LogP contribution is -2.14. The highest BCUT2D eigenvalue weighted by Crippen LogP contribution is 2.30. The predicted octanol–water partition coefficient (Wildman–Crippen LogP) is 3.90. The molecule has 1 saturated carbocycles. The fourth-order valence-corrected chi connectivity index (χ4v) is 2.49. The number of aryl methyl sites for hydroxylation is 2. The van der Waals surface area contributed by atoms with Gasteiger partial charge in [-0.3, -0.25) is 9.59 Å². The van der Waals surface area contributed by atoms with Crippen LogP contribution in [-0.2, 0) is 4.79 Å². The van der Waals surface area contributed by atoms with Gasteiger partial charge >= 0.3 is 0 Å². The smallest absolute Gasteiger partial charge is 0.255 e. The minimum absolute atomic E-state index is 0.0806. The monoisotopic (exact) mass is 308 g/mol. The molecule has 118 valence electrons. The molecular weight excluding hydrogens is 288 g/mol. The normalized spacial score (nSPS) is 13.5. The number of carbonyl (C=O) groups is 2. The molecule has 0 radical (unpaired) electrons. The fraction of sp³-hybridized carbons (Fsp3) is 0.263. The molecule has 2 aromatic rings. The maximum atomic E-state index is 12.3. The highest BCUT2D eigenvalue weighted by Gasteiger charge is 2.29. The summed E-state index contributed by atoms with van der Waals surface area (Å²) in [7, 11) is 0. The Bertz CT molecular complexity index is 746. The van der Waals surface area contributed by atoms with Crippen LogP contribution in [-0.4, -0.2) is 11.8 Å². The quantitative estimate of drug-likeness (QED) is 0.900. The van der Waals surface area contributed by atoms with E-state index in [4.69, 9.17) is 0 Å². The summed E-state index contributed by atoms with van der Waals surface area (Å²) in [5, 5.41) is 5.76. The van der Waals surface area contributed by atoms with Crippen molar-refractivity contribution in [3.8, 4) is 0 Å². The van der Waals surface area contributed by atoms with Crippen molar-refractivity contribution in [2.75, 3.05) is 10.6 Å². The zero-order valence-electron chi connectivity index (χ0n) is 13.3. The molecule has 2 amide bonds. The summed E-state index contributed by atoms with van der Waals surface area (Å²) in [4.78, 5) is 24.0. The number of amides is 2. The van der Waals surface area contributed by atoms with E-state index < -0.39 is 0 Å². The average molecular weight is 308 g/mol. The lowest BCUT2D eigenvalue weighted by molar-refractivity contribution is -0.117. The Hall–Kier alpha value is -2.62. The van der Waals surface area contributed by atoms with E-state index in [1.165, 1.54) is 0 Å². The van der Waals surface area contributed by atoms with Crippen LogP contribution in [0.2, 0.25) is 0 Å². The Kier molecular flexibility index (Phi) is 4.15. The lowest BCUT2D eigenvalue weighted by Gasteiger charge is -2.09. The second-order valence-electron chi connectivity index (χ2n) is 6.11. The van der Waals surface area contributed by atoms with E-state index in [2.05, 4.69) is 10.6 Å². The SMILES string of the molecule is Cc1ccc(C(=O)Nc2ccc(NC(=O)C3CC3)cc2)c(C)c1. The third-order valence-corrected chi connectivity index (χ3v) is 3.98. The van der Waals surface area contributed by atoms with Gasteiger partial charge in [0.25, 0.3) is 5.91 Å². The van der Waals surface area contributed by atoms with Crippen LogP contribution in [0.4, 0.5) is 11.4 Å². The third-order valence-electron chi connectivity index (χ3n) is 3.98. The van der Waals surface area contributed by atoms with Gasteiger partial charge < -0.3 is 10.6 Å². The van der Waals surface area contributed by atoms with Gasteiger partial charge in [0.1, 0.15) is 0 Å². The average Bonchev–Trinajstić information content (AvgIpc) is 3.33. The van der Waals surface area contributed by atoms with Gasteiger partial charge in [-0.15, -0.1) is 0 Å². The van der Waals surface area contributed by atoms with Gasteiger partial charge in [-0.25, -0.2) is 0 Å². The van der Waals surface area contributed by atoms with Gasteiger partial charge in [0.2, 0.25) is 5.91 Å². The number of anilines is 2. The number of nitrogens with one attached hydrogen (secondary N) is 2. The van der Waals surface area contributed by atoms with Gasteiger partial charge in [-0.1, -0.05) is 17.7 Å². The van der Waals surface area contributed by atoms with Crippen LogP contribution in [0.5, 0.6) is 0 Å². The van der Waals surface area contributed by atoms with Crippen molar-refractivity contribution in [1.29, 1.82) is 0 Å². The number of hydrogen-bond donors (Lipinski definition) is 2. The maximum absolute atomic E-state index is 12.3. The van der Waals surface area contributed by atoms with Crippen LogP contribution in [0.3, 0.4) is 0 Å². The molecule has 1 aliphatic rings. The Morgan fingerprint density at radius 1 is 0.913 bits per heavy atom. The Morgan fingerprint density at radius 3 is 2.09 bits per heavy atom. The number of rotatable bonds is 4. The van der Waals surface area contributed by atoms with Crippen molar-refractivity contribution in [2.24, 2.45) is 5.92 Å². The van der Waals surface area contributed by atoms with Crippen molar-refractivity contribution in [3.63, 3.8) is 0 Å². The van der Waals surface area contributed by atoms with Crippen LogP contribution in [0.25, 0.3) is 0 Å². The largest absolute Gasteiger partial charge is 0.326 e. The van der Waals surface area contributed by atoms with Crippen molar-refractivity contribution >= 4 is 23.2 Å². The molecule has 2 N–H and O–H groups in total. The van der Waals surface area contributed by atoms with E-state index in [1.807, 2.05) is 32.0 Å². The molecule has 0 saturated heterocycles. The first-order valence-corrected chi connectivity index (χ1v) is 7.82. The summed E-state index contributed by atoms with van der Waals surface area (Å²) in [6, 6.07) is 13.0. The van der Waals surface area contributed by atoms with E-state index in [1.54, 1.807) is 24.3 Å². The van der Waals surface area contributed by atoms with Gasteiger partial charge in [-0.05, 0) is 62.6 Å². The van der Waals surface area contributed by atoms with Gasteiger partial charge in [0.15, 0.2) is 0 Å². The van der Waals surface area contributed by atoms with E-state index in [0.29, 0.717) is 11.3 Å². The Labute approximate surface area is 135 Å². The second-order valence-corrected chi connectivity index (χ2v) is 6.11. The van der Waals surface area contributed by atoms with Crippen LogP contribution in [0, 0.1) is 19.8 Å². The first-order chi connectivity index (χ1) is 11.0. The van der Waals surface area contributed by atoms with Crippen LogP contribution in [0.15, 0.2) is 42.5 Å². The minimum Gasteiger partial charge on any atom is -0.326 e.